The standard InChI is InChI=1S/C10H12OS3/c1-12-6-8(11)10-4-7-5-13-3-2-9(7)14-10/h4H,2-3,5-6H2,1H3. The van der Waals surface area contributed by atoms with E-state index in [2.05, 4.69) is 6.07 Å². The maximum absolute atomic E-state index is 11.6. The lowest BCUT2D eigenvalue weighted by Gasteiger charge is -2.08. The Morgan fingerprint density at radius 3 is 3.21 bits per heavy atom. The van der Waals surface area contributed by atoms with Crippen LogP contribution < -0.4 is 0 Å². The SMILES string of the molecule is CSCC(=O)c1cc2c(s1)CCSC2. The van der Waals surface area contributed by atoms with Gasteiger partial charge in [0.05, 0.1) is 10.6 Å². The number of thioether (sulfide) groups is 2. The van der Waals surface area contributed by atoms with Crippen LogP contribution in [0.25, 0.3) is 0 Å². The third-order valence-electron chi connectivity index (χ3n) is 2.18. The van der Waals surface area contributed by atoms with Crippen LogP contribution in [0.5, 0.6) is 0 Å². The second kappa shape index (κ2) is 4.73. The number of Topliss-reactive ketones (excluding diaryl/α,β-unsaturated/α-hetero) is 1. The largest absolute Gasteiger partial charge is 0.292 e. The molecule has 1 aliphatic heterocycles. The van der Waals surface area contributed by atoms with E-state index in [0.717, 1.165) is 17.1 Å². The molecule has 0 bridgehead atoms. The van der Waals surface area contributed by atoms with Crippen LogP contribution in [-0.4, -0.2) is 23.5 Å². The molecule has 0 N–H and O–H groups in total. The van der Waals surface area contributed by atoms with Crippen LogP contribution in [0.4, 0.5) is 0 Å². The van der Waals surface area contributed by atoms with Crippen LogP contribution in [-0.2, 0) is 12.2 Å². The molecule has 0 aliphatic carbocycles. The Hall–Kier alpha value is 0.0700. The van der Waals surface area contributed by atoms with Gasteiger partial charge in [-0.15, -0.1) is 11.3 Å². The Kier molecular flexibility index (Phi) is 3.57. The van der Waals surface area contributed by atoms with Gasteiger partial charge in [0.1, 0.15) is 0 Å². The van der Waals surface area contributed by atoms with Crippen LogP contribution in [0.1, 0.15) is 20.1 Å². The fourth-order valence-corrected chi connectivity index (χ4v) is 4.31. The Morgan fingerprint density at radius 1 is 1.64 bits per heavy atom. The molecule has 4 heteroatoms. The number of ketones is 1. The lowest BCUT2D eigenvalue weighted by atomic mass is 10.2. The second-order valence-electron chi connectivity index (χ2n) is 3.22. The van der Waals surface area contributed by atoms with Crippen molar-refractivity contribution < 1.29 is 4.79 Å². The quantitative estimate of drug-likeness (QED) is 0.761. The van der Waals surface area contributed by atoms with Crippen molar-refractivity contribution in [2.45, 2.75) is 12.2 Å². The van der Waals surface area contributed by atoms with E-state index in [1.165, 1.54) is 16.2 Å². The third-order valence-corrected chi connectivity index (χ3v) is 5.01. The summed E-state index contributed by atoms with van der Waals surface area (Å²) in [5.74, 6) is 3.22. The molecule has 0 spiro atoms. The maximum atomic E-state index is 11.6. The zero-order chi connectivity index (χ0) is 9.97. The minimum Gasteiger partial charge on any atom is -0.292 e. The van der Waals surface area contributed by atoms with E-state index in [4.69, 9.17) is 0 Å². The molecule has 1 nitrogen and oxygen atoms in total. The highest BCUT2D eigenvalue weighted by atomic mass is 32.2. The monoisotopic (exact) mass is 244 g/mol. The molecule has 2 heterocycles. The van der Waals surface area contributed by atoms with E-state index in [1.807, 2.05) is 18.0 Å². The highest BCUT2D eigenvalue weighted by molar-refractivity contribution is 7.99. The number of aryl methyl sites for hydroxylation is 1. The van der Waals surface area contributed by atoms with Crippen LogP contribution in [0.15, 0.2) is 6.07 Å². The van der Waals surface area contributed by atoms with Gasteiger partial charge in [0, 0.05) is 10.6 Å². The predicted octanol–water partition coefficient (Wildman–Crippen LogP) is 3.08. The number of thiophene rings is 1. The average Bonchev–Trinajstić information content (AvgIpc) is 2.61. The summed E-state index contributed by atoms with van der Waals surface area (Å²) in [5.41, 5.74) is 1.40. The first-order chi connectivity index (χ1) is 6.81. The normalized spacial score (nSPS) is 15.2. The summed E-state index contributed by atoms with van der Waals surface area (Å²) >= 11 is 5.28. The molecule has 0 saturated heterocycles. The Labute approximate surface area is 96.7 Å². The van der Waals surface area contributed by atoms with Gasteiger partial charge in [-0.25, -0.2) is 0 Å². The molecule has 0 fully saturated rings. The molecule has 0 radical (unpaired) electrons. The predicted molar refractivity (Wildman–Crippen MR) is 66.9 cm³/mol. The van der Waals surface area contributed by atoms with Crippen molar-refractivity contribution in [1.82, 2.24) is 0 Å². The summed E-state index contributed by atoms with van der Waals surface area (Å²) in [7, 11) is 0. The minimum absolute atomic E-state index is 0.293. The molecular weight excluding hydrogens is 232 g/mol. The maximum Gasteiger partial charge on any atom is 0.182 e. The van der Waals surface area contributed by atoms with E-state index in [1.54, 1.807) is 23.1 Å². The highest BCUT2D eigenvalue weighted by Crippen LogP contribution is 2.32. The van der Waals surface area contributed by atoms with Gasteiger partial charge in [0.2, 0.25) is 0 Å². The topological polar surface area (TPSA) is 17.1 Å². The fourth-order valence-electron chi connectivity index (χ4n) is 1.49. The molecule has 0 saturated carbocycles. The smallest absolute Gasteiger partial charge is 0.182 e. The molecule has 0 atom stereocenters. The number of hydrogen-bond donors (Lipinski definition) is 0. The van der Waals surface area contributed by atoms with Crippen molar-refractivity contribution in [2.75, 3.05) is 17.8 Å². The van der Waals surface area contributed by atoms with Crippen LogP contribution in [0, 0.1) is 0 Å². The van der Waals surface area contributed by atoms with Crippen molar-refractivity contribution in [2.24, 2.45) is 0 Å². The van der Waals surface area contributed by atoms with Crippen molar-refractivity contribution in [3.63, 3.8) is 0 Å². The summed E-state index contributed by atoms with van der Waals surface area (Å²) in [5, 5.41) is 0. The molecule has 2 rings (SSSR count). The molecule has 1 aromatic heterocycles. The van der Waals surface area contributed by atoms with Gasteiger partial charge in [-0.05, 0) is 30.1 Å². The number of hydrogen-bond acceptors (Lipinski definition) is 4. The highest BCUT2D eigenvalue weighted by Gasteiger charge is 2.16. The molecular formula is C10H12OS3. The van der Waals surface area contributed by atoms with Crippen molar-refractivity contribution in [3.8, 4) is 0 Å². The van der Waals surface area contributed by atoms with Gasteiger partial charge in [-0.2, -0.15) is 23.5 Å². The molecule has 0 aromatic carbocycles. The average molecular weight is 244 g/mol. The van der Waals surface area contributed by atoms with E-state index in [9.17, 15) is 4.79 Å². The van der Waals surface area contributed by atoms with Gasteiger partial charge < -0.3 is 0 Å². The molecule has 1 aromatic rings. The zero-order valence-electron chi connectivity index (χ0n) is 8.04. The summed E-state index contributed by atoms with van der Waals surface area (Å²) in [4.78, 5) is 14.0. The van der Waals surface area contributed by atoms with Crippen molar-refractivity contribution >= 4 is 40.6 Å². The summed E-state index contributed by atoms with van der Waals surface area (Å²) in [6, 6.07) is 2.10. The number of carbonyl (C=O) groups excluding carboxylic acids is 1. The second-order valence-corrected chi connectivity index (χ2v) is 6.33. The molecule has 1 aliphatic rings. The summed E-state index contributed by atoms with van der Waals surface area (Å²) in [6.07, 6.45) is 3.12. The molecule has 0 unspecified atom stereocenters. The first-order valence-electron chi connectivity index (χ1n) is 4.52. The van der Waals surface area contributed by atoms with Crippen molar-refractivity contribution in [1.29, 1.82) is 0 Å². The van der Waals surface area contributed by atoms with E-state index >= 15 is 0 Å². The lowest BCUT2D eigenvalue weighted by molar-refractivity contribution is 0.102. The number of fused-ring (bicyclic) bond motifs is 1. The van der Waals surface area contributed by atoms with Crippen LogP contribution in [0.3, 0.4) is 0 Å². The number of carbonyl (C=O) groups is 1. The van der Waals surface area contributed by atoms with E-state index in [0.29, 0.717) is 11.5 Å². The van der Waals surface area contributed by atoms with Crippen molar-refractivity contribution in [3.05, 3.63) is 21.4 Å². The van der Waals surface area contributed by atoms with Gasteiger partial charge >= 0.3 is 0 Å². The first kappa shape index (κ1) is 10.6. The molecule has 0 amide bonds. The molecule has 14 heavy (non-hydrogen) atoms. The Balaban J connectivity index is 2.19. The Morgan fingerprint density at radius 2 is 2.50 bits per heavy atom. The van der Waals surface area contributed by atoms with E-state index < -0.39 is 0 Å². The minimum atomic E-state index is 0.293. The van der Waals surface area contributed by atoms with Gasteiger partial charge in [0.25, 0.3) is 0 Å². The Bertz CT molecular complexity index is 320. The molecule has 76 valence electrons. The summed E-state index contributed by atoms with van der Waals surface area (Å²) < 4.78 is 0. The van der Waals surface area contributed by atoms with Gasteiger partial charge in [-0.1, -0.05) is 0 Å². The zero-order valence-corrected chi connectivity index (χ0v) is 10.5. The fraction of sp³-hybridized carbons (Fsp3) is 0.500. The van der Waals surface area contributed by atoms with Gasteiger partial charge in [-0.3, -0.25) is 4.79 Å². The van der Waals surface area contributed by atoms with Crippen LogP contribution in [0.2, 0.25) is 0 Å². The lowest BCUT2D eigenvalue weighted by Crippen LogP contribution is -1.98. The number of rotatable bonds is 3. The third kappa shape index (κ3) is 2.18. The van der Waals surface area contributed by atoms with Gasteiger partial charge in [0.15, 0.2) is 5.78 Å². The van der Waals surface area contributed by atoms with E-state index in [-0.39, 0.29) is 0 Å². The first-order valence-corrected chi connectivity index (χ1v) is 7.89. The van der Waals surface area contributed by atoms with Crippen LogP contribution >= 0.6 is 34.9 Å². The summed E-state index contributed by atoms with van der Waals surface area (Å²) in [6.45, 7) is 0.